The first-order valence-electron chi connectivity index (χ1n) is 8.47. The van der Waals surface area contributed by atoms with Crippen molar-refractivity contribution in [1.82, 2.24) is 4.90 Å². The Morgan fingerprint density at radius 1 is 1.33 bits per heavy atom. The summed E-state index contributed by atoms with van der Waals surface area (Å²) in [7, 11) is 4.19. The molecule has 0 spiro atoms. The summed E-state index contributed by atoms with van der Waals surface area (Å²) < 4.78 is 1.12. The fraction of sp³-hybridized carbons (Fsp3) is 0.722. The fourth-order valence-electron chi connectivity index (χ4n) is 3.88. The Labute approximate surface area is 177 Å². The number of hydrogen-bond acceptors (Lipinski definition) is 3. The summed E-state index contributed by atoms with van der Waals surface area (Å²) in [5.41, 5.74) is -0.343. The van der Waals surface area contributed by atoms with E-state index >= 15 is 0 Å². The van der Waals surface area contributed by atoms with Crippen molar-refractivity contribution in [1.29, 1.82) is 0 Å². The largest absolute Gasteiger partial charge is 0.309 e. The molecule has 1 aliphatic carbocycles. The Balaban J connectivity index is 0.00000288. The maximum atomic E-state index is 13.4. The molecule has 2 unspecified atom stereocenters. The summed E-state index contributed by atoms with van der Waals surface area (Å²) in [6.45, 7) is 2.93. The highest BCUT2D eigenvalue weighted by Crippen LogP contribution is 2.48. The predicted octanol–water partition coefficient (Wildman–Crippen LogP) is 6.21. The smallest absolute Gasteiger partial charge is 0.157 e. The van der Waals surface area contributed by atoms with E-state index < -0.39 is 0 Å². The lowest BCUT2D eigenvalue weighted by Crippen LogP contribution is -2.48. The second-order valence-corrected chi connectivity index (χ2v) is 10.8. The van der Waals surface area contributed by atoms with Crippen LogP contribution in [0.2, 0.25) is 0 Å². The Morgan fingerprint density at radius 3 is 2.42 bits per heavy atom. The van der Waals surface area contributed by atoms with Gasteiger partial charge in [-0.15, -0.1) is 28.3 Å². The van der Waals surface area contributed by atoms with Gasteiger partial charge in [-0.3, -0.25) is 4.79 Å². The lowest BCUT2D eigenvalue weighted by molar-refractivity contribution is -0.126. The van der Waals surface area contributed by atoms with Crippen molar-refractivity contribution in [3.63, 3.8) is 0 Å². The molecular formula is C18H28Br3NOS. The second kappa shape index (κ2) is 10.2. The van der Waals surface area contributed by atoms with Crippen LogP contribution >= 0.6 is 60.2 Å². The number of thiophene rings is 1. The van der Waals surface area contributed by atoms with E-state index in [2.05, 4.69) is 63.0 Å². The van der Waals surface area contributed by atoms with Gasteiger partial charge in [-0.2, -0.15) is 0 Å². The average molecular weight is 546 g/mol. The molecule has 1 aromatic rings. The van der Waals surface area contributed by atoms with Gasteiger partial charge >= 0.3 is 0 Å². The van der Waals surface area contributed by atoms with E-state index in [-0.39, 0.29) is 27.2 Å². The van der Waals surface area contributed by atoms with E-state index in [1.165, 1.54) is 37.0 Å². The first-order chi connectivity index (χ1) is 10.9. The zero-order valence-corrected chi connectivity index (χ0v) is 20.4. The van der Waals surface area contributed by atoms with Gasteiger partial charge in [0.05, 0.1) is 14.0 Å². The topological polar surface area (TPSA) is 20.3 Å². The summed E-state index contributed by atoms with van der Waals surface area (Å²) in [5, 5.41) is 0. The van der Waals surface area contributed by atoms with E-state index in [4.69, 9.17) is 0 Å². The quantitative estimate of drug-likeness (QED) is 0.380. The van der Waals surface area contributed by atoms with Crippen LogP contribution in [0.4, 0.5) is 0 Å². The predicted molar refractivity (Wildman–Crippen MR) is 117 cm³/mol. The molecule has 0 radical (unpaired) electrons. The molecule has 2 nitrogen and oxygen atoms in total. The van der Waals surface area contributed by atoms with Crippen LogP contribution in [-0.2, 0) is 10.2 Å². The first-order valence-corrected chi connectivity index (χ1v) is 11.0. The highest BCUT2D eigenvalue weighted by Gasteiger charge is 2.48. The molecule has 1 aromatic heterocycles. The van der Waals surface area contributed by atoms with Crippen LogP contribution < -0.4 is 0 Å². The van der Waals surface area contributed by atoms with Crippen molar-refractivity contribution >= 4 is 66.0 Å². The van der Waals surface area contributed by atoms with Gasteiger partial charge in [-0.05, 0) is 80.8 Å². The van der Waals surface area contributed by atoms with Crippen LogP contribution in [0.25, 0.3) is 0 Å². The molecule has 1 aliphatic rings. The summed E-state index contributed by atoms with van der Waals surface area (Å²) in [5.74, 6) is 0.829. The van der Waals surface area contributed by atoms with Crippen LogP contribution in [0.3, 0.4) is 0 Å². The second-order valence-electron chi connectivity index (χ2n) is 6.94. The van der Waals surface area contributed by atoms with Crippen molar-refractivity contribution in [2.45, 2.75) is 55.7 Å². The summed E-state index contributed by atoms with van der Waals surface area (Å²) >= 11 is 8.93. The lowest BCUT2D eigenvalue weighted by Gasteiger charge is -2.42. The number of halogens is 3. The van der Waals surface area contributed by atoms with Crippen molar-refractivity contribution < 1.29 is 4.79 Å². The number of hydrogen-bond donors (Lipinski definition) is 0. The lowest BCUT2D eigenvalue weighted by atomic mass is 9.63. The van der Waals surface area contributed by atoms with Gasteiger partial charge in [-0.25, -0.2) is 0 Å². The Hall–Kier alpha value is 0.770. The average Bonchev–Trinajstić information content (AvgIpc) is 2.95. The van der Waals surface area contributed by atoms with E-state index in [0.717, 1.165) is 16.8 Å². The Bertz CT molecular complexity index is 526. The molecule has 6 heteroatoms. The maximum Gasteiger partial charge on any atom is 0.157 e. The molecule has 2 rings (SSSR count). The first kappa shape index (κ1) is 22.8. The number of ketones is 1. The minimum Gasteiger partial charge on any atom is -0.309 e. The molecule has 24 heavy (non-hydrogen) atoms. The number of carbonyl (C=O) groups excluding carboxylic acids is 1. The van der Waals surface area contributed by atoms with Crippen molar-refractivity contribution in [2.75, 3.05) is 20.6 Å². The highest BCUT2D eigenvalue weighted by atomic mass is 79.9. The zero-order valence-electron chi connectivity index (χ0n) is 14.7. The van der Waals surface area contributed by atoms with Gasteiger partial charge in [0.15, 0.2) is 5.78 Å². The molecule has 2 atom stereocenters. The van der Waals surface area contributed by atoms with Gasteiger partial charge in [0.25, 0.3) is 0 Å². The number of carbonyl (C=O) groups is 1. The van der Waals surface area contributed by atoms with Crippen LogP contribution in [0.5, 0.6) is 0 Å². The number of rotatable bonds is 7. The standard InChI is InChI=1S/C18H27Br2NOS.BrH/c1-13(19)17(22)18(11-12-21(2)3,14-7-5-4-6-8-14)15-9-10-16(20)23-15;/h9-10,13-14H,4-8,11-12H2,1-3H3;1H. The monoisotopic (exact) mass is 543 g/mol. The van der Waals surface area contributed by atoms with Crippen LogP contribution in [0.15, 0.2) is 15.9 Å². The maximum absolute atomic E-state index is 13.4. The molecule has 1 heterocycles. The van der Waals surface area contributed by atoms with Crippen LogP contribution in [0, 0.1) is 5.92 Å². The third-order valence-electron chi connectivity index (χ3n) is 5.07. The van der Waals surface area contributed by atoms with Gasteiger partial charge in [-0.1, -0.05) is 35.2 Å². The van der Waals surface area contributed by atoms with Gasteiger partial charge in [0.1, 0.15) is 0 Å². The van der Waals surface area contributed by atoms with Gasteiger partial charge in [0.2, 0.25) is 0 Å². The molecule has 0 aromatic carbocycles. The minimum atomic E-state index is -0.343. The summed E-state index contributed by atoms with van der Waals surface area (Å²) in [4.78, 5) is 16.8. The SMILES string of the molecule is Br.CC(Br)C(=O)C(CCN(C)C)(c1ccc(Br)s1)C1CCCCC1. The molecule has 0 amide bonds. The number of alkyl halides is 1. The number of Topliss-reactive ketones (excluding diaryl/α,β-unsaturated/α-hetero) is 1. The Morgan fingerprint density at radius 2 is 1.96 bits per heavy atom. The summed E-state index contributed by atoms with van der Waals surface area (Å²) in [6, 6.07) is 4.27. The molecule has 138 valence electrons. The molecule has 0 N–H and O–H groups in total. The van der Waals surface area contributed by atoms with E-state index in [1.54, 1.807) is 11.3 Å². The third-order valence-corrected chi connectivity index (χ3v) is 7.29. The Kier molecular flexibility index (Phi) is 9.69. The fourth-order valence-corrected chi connectivity index (χ4v) is 5.98. The minimum absolute atomic E-state index is 0. The van der Waals surface area contributed by atoms with E-state index in [1.807, 2.05) is 6.92 Å². The molecule has 1 fully saturated rings. The van der Waals surface area contributed by atoms with Crippen molar-refractivity contribution in [2.24, 2.45) is 5.92 Å². The zero-order chi connectivity index (χ0) is 17.0. The number of nitrogens with zero attached hydrogens (tertiary/aromatic N) is 1. The highest BCUT2D eigenvalue weighted by molar-refractivity contribution is 9.11. The molecule has 0 saturated heterocycles. The van der Waals surface area contributed by atoms with Crippen molar-refractivity contribution in [3.8, 4) is 0 Å². The van der Waals surface area contributed by atoms with Crippen LogP contribution in [-0.4, -0.2) is 36.2 Å². The normalized spacial score (nSPS) is 19.6. The van der Waals surface area contributed by atoms with Gasteiger partial charge < -0.3 is 4.90 Å². The van der Waals surface area contributed by atoms with E-state index in [9.17, 15) is 4.79 Å². The molecule has 0 aliphatic heterocycles. The van der Waals surface area contributed by atoms with Gasteiger partial charge in [0, 0.05) is 4.88 Å². The molecule has 1 saturated carbocycles. The van der Waals surface area contributed by atoms with Crippen molar-refractivity contribution in [3.05, 3.63) is 20.8 Å². The molecular weight excluding hydrogens is 518 g/mol. The van der Waals surface area contributed by atoms with Crippen LogP contribution in [0.1, 0.15) is 50.3 Å². The third kappa shape index (κ3) is 5.15. The summed E-state index contributed by atoms with van der Waals surface area (Å²) in [6.07, 6.45) is 7.08. The van der Waals surface area contributed by atoms with E-state index in [0.29, 0.717) is 11.7 Å². The molecule has 0 bridgehead atoms.